The van der Waals surface area contributed by atoms with Gasteiger partial charge in [-0.15, -0.1) is 0 Å². The molecule has 0 heterocycles. The van der Waals surface area contributed by atoms with Gasteiger partial charge in [-0.05, 0) is 38.5 Å². The molecule has 0 saturated heterocycles. The minimum absolute atomic E-state index is 0.115. The smallest absolute Gasteiger partial charge is 0.330 e. The van der Waals surface area contributed by atoms with Crippen LogP contribution in [0, 0.1) is 0 Å². The third kappa shape index (κ3) is 22.4. The Morgan fingerprint density at radius 2 is 1.07 bits per heavy atom. The normalized spacial score (nSPS) is 11.8. The van der Waals surface area contributed by atoms with Crippen LogP contribution < -0.4 is 0 Å². The van der Waals surface area contributed by atoms with Crippen molar-refractivity contribution in [3.63, 3.8) is 0 Å². The molecule has 178 valence electrons. The molecule has 0 amide bonds. The second kappa shape index (κ2) is 25.0. The van der Waals surface area contributed by atoms with Crippen LogP contribution in [0.2, 0.25) is 0 Å². The first-order valence-corrected chi connectivity index (χ1v) is 14.3. The fourth-order valence-corrected chi connectivity index (χ4v) is 4.22. The quantitative estimate of drug-likeness (QED) is 0.0620. The lowest BCUT2D eigenvalue weighted by atomic mass is 9.99. The maximum absolute atomic E-state index is 12.2. The van der Waals surface area contributed by atoms with E-state index in [1.54, 1.807) is 0 Å². The van der Waals surface area contributed by atoms with Crippen molar-refractivity contribution in [2.24, 2.45) is 0 Å². The van der Waals surface area contributed by atoms with Crippen molar-refractivity contribution in [3.05, 3.63) is 11.6 Å². The van der Waals surface area contributed by atoms with Gasteiger partial charge < -0.3 is 4.74 Å². The summed E-state index contributed by atoms with van der Waals surface area (Å²) in [7, 11) is 0. The van der Waals surface area contributed by atoms with Gasteiger partial charge in [0.2, 0.25) is 0 Å². The molecule has 0 bridgehead atoms. The highest BCUT2D eigenvalue weighted by atomic mass is 79.9. The Balaban J connectivity index is 4.14. The Morgan fingerprint density at radius 1 is 0.633 bits per heavy atom. The summed E-state index contributed by atoms with van der Waals surface area (Å²) in [5, 5.41) is 1.07. The maximum Gasteiger partial charge on any atom is 0.330 e. The van der Waals surface area contributed by atoms with Gasteiger partial charge in [0.05, 0.1) is 6.61 Å². The summed E-state index contributed by atoms with van der Waals surface area (Å²) >= 11 is 3.46. The van der Waals surface area contributed by atoms with Gasteiger partial charge in [-0.2, -0.15) is 0 Å². The minimum atomic E-state index is -0.115. The van der Waals surface area contributed by atoms with Crippen molar-refractivity contribution in [1.82, 2.24) is 0 Å². The molecule has 0 aliphatic rings. The number of hydrogen-bond acceptors (Lipinski definition) is 2. The number of carbonyl (C=O) groups excluding carboxylic acids is 1. The number of unbranched alkanes of at least 4 members (excludes halogenated alkanes) is 15. The lowest BCUT2D eigenvalue weighted by molar-refractivity contribution is -0.137. The molecule has 30 heavy (non-hydrogen) atoms. The van der Waals surface area contributed by atoms with Crippen molar-refractivity contribution in [3.8, 4) is 0 Å². The highest BCUT2D eigenvalue weighted by Crippen LogP contribution is 2.19. The fraction of sp³-hybridized carbons (Fsp3) is 0.889. The van der Waals surface area contributed by atoms with Crippen molar-refractivity contribution in [2.75, 3.05) is 11.9 Å². The van der Waals surface area contributed by atoms with E-state index in [4.69, 9.17) is 4.74 Å². The number of hydrogen-bond donors (Lipinski definition) is 0. The van der Waals surface area contributed by atoms with Gasteiger partial charge in [0, 0.05) is 11.4 Å². The van der Waals surface area contributed by atoms with E-state index in [1.807, 2.05) is 6.08 Å². The van der Waals surface area contributed by atoms with E-state index in [9.17, 15) is 4.79 Å². The lowest BCUT2D eigenvalue weighted by Crippen LogP contribution is -2.04. The zero-order valence-corrected chi connectivity index (χ0v) is 21.9. The largest absolute Gasteiger partial charge is 0.463 e. The van der Waals surface area contributed by atoms with E-state index in [2.05, 4.69) is 29.8 Å². The molecule has 0 atom stereocenters. The van der Waals surface area contributed by atoms with Crippen LogP contribution in [-0.2, 0) is 9.53 Å². The number of alkyl halides is 1. The lowest BCUT2D eigenvalue weighted by Gasteiger charge is -2.09. The molecule has 0 aromatic heterocycles. The molecule has 0 aromatic carbocycles. The highest BCUT2D eigenvalue weighted by Gasteiger charge is 2.05. The zero-order chi connectivity index (χ0) is 22.1. The molecule has 0 saturated carbocycles. The number of allylic oxidation sites excluding steroid dienone is 1. The summed E-state index contributed by atoms with van der Waals surface area (Å²) in [5.41, 5.74) is 1.32. The number of esters is 1. The monoisotopic (exact) mass is 486 g/mol. The second-order valence-electron chi connectivity index (χ2n) is 8.82. The third-order valence-electron chi connectivity index (χ3n) is 5.80. The minimum Gasteiger partial charge on any atom is -0.463 e. The number of rotatable bonds is 23. The van der Waals surface area contributed by atoms with Crippen molar-refractivity contribution in [2.45, 2.75) is 142 Å². The highest BCUT2D eigenvalue weighted by molar-refractivity contribution is 9.09. The molecule has 0 spiro atoms. The molecular formula is C27H51BrO2. The third-order valence-corrected chi connectivity index (χ3v) is 6.36. The van der Waals surface area contributed by atoms with Crippen LogP contribution in [-0.4, -0.2) is 17.9 Å². The first kappa shape index (κ1) is 29.7. The Labute approximate surface area is 197 Å². The van der Waals surface area contributed by atoms with Gasteiger partial charge in [0.1, 0.15) is 0 Å². The van der Waals surface area contributed by atoms with Crippen LogP contribution in [0.15, 0.2) is 11.6 Å². The van der Waals surface area contributed by atoms with Crippen molar-refractivity contribution in [1.29, 1.82) is 0 Å². The predicted octanol–water partition coefficient (Wildman–Crippen LogP) is 9.69. The summed E-state index contributed by atoms with van der Waals surface area (Å²) < 4.78 is 5.47. The van der Waals surface area contributed by atoms with Crippen LogP contribution in [0.4, 0.5) is 0 Å². The Morgan fingerprint density at radius 3 is 1.57 bits per heavy atom. The first-order valence-electron chi connectivity index (χ1n) is 13.2. The molecular weight excluding hydrogens is 436 g/mol. The van der Waals surface area contributed by atoms with Crippen LogP contribution in [0.1, 0.15) is 142 Å². The Bertz CT molecular complexity index is 392. The number of ether oxygens (including phenoxy) is 1. The van der Waals surface area contributed by atoms with E-state index >= 15 is 0 Å². The molecule has 0 N–H and O–H groups in total. The van der Waals surface area contributed by atoms with Crippen LogP contribution in [0.3, 0.4) is 0 Å². The molecule has 2 nitrogen and oxygen atoms in total. The summed E-state index contributed by atoms with van der Waals surface area (Å²) in [4.78, 5) is 12.2. The molecule has 0 fully saturated rings. The Kier molecular flexibility index (Phi) is 24.7. The number of carbonyl (C=O) groups is 1. The summed E-state index contributed by atoms with van der Waals surface area (Å²) in [6, 6.07) is 0. The van der Waals surface area contributed by atoms with Gasteiger partial charge in [-0.3, -0.25) is 0 Å². The first-order chi connectivity index (χ1) is 14.7. The standard InChI is InChI=1S/C27H51BrO2/c1-3-5-7-9-11-12-14-18-22-26(21-17-13-10-8-6-4-2)25-27(29)30-24-20-16-15-19-23-28/h25H,3-24H2,1-2H3/b26-25+. The summed E-state index contributed by atoms with van der Waals surface area (Å²) in [6.45, 7) is 5.10. The molecule has 0 aliphatic carbocycles. The fourth-order valence-electron chi connectivity index (χ4n) is 3.82. The summed E-state index contributed by atoms with van der Waals surface area (Å²) in [5.74, 6) is -0.115. The average molecular weight is 488 g/mol. The van der Waals surface area contributed by atoms with E-state index in [0.717, 1.165) is 31.0 Å². The topological polar surface area (TPSA) is 26.3 Å². The van der Waals surface area contributed by atoms with Gasteiger partial charge >= 0.3 is 5.97 Å². The van der Waals surface area contributed by atoms with Crippen molar-refractivity contribution >= 4 is 21.9 Å². The van der Waals surface area contributed by atoms with Crippen LogP contribution in [0.5, 0.6) is 0 Å². The van der Waals surface area contributed by atoms with Gasteiger partial charge in [-0.1, -0.05) is 125 Å². The zero-order valence-electron chi connectivity index (χ0n) is 20.3. The Hall–Kier alpha value is -0.310. The molecule has 0 aromatic rings. The van der Waals surface area contributed by atoms with Crippen molar-refractivity contribution < 1.29 is 9.53 Å². The van der Waals surface area contributed by atoms with E-state index < -0.39 is 0 Å². The van der Waals surface area contributed by atoms with Crippen LogP contribution >= 0.6 is 15.9 Å². The molecule has 0 aliphatic heterocycles. The van der Waals surface area contributed by atoms with Crippen LogP contribution in [0.25, 0.3) is 0 Å². The summed E-state index contributed by atoms with van der Waals surface area (Å²) in [6.07, 6.45) is 27.0. The SMILES string of the molecule is CCCCCCCCCC/C(=C/C(=O)OCCCCCCBr)CCCCCCCC. The van der Waals surface area contributed by atoms with Gasteiger partial charge in [0.25, 0.3) is 0 Å². The average Bonchev–Trinajstić information content (AvgIpc) is 2.74. The molecule has 0 radical (unpaired) electrons. The van der Waals surface area contributed by atoms with Gasteiger partial charge in [-0.25, -0.2) is 4.79 Å². The van der Waals surface area contributed by atoms with Gasteiger partial charge in [0.15, 0.2) is 0 Å². The molecule has 0 unspecified atom stereocenters. The van der Waals surface area contributed by atoms with E-state index in [0.29, 0.717) is 6.61 Å². The molecule has 3 heteroatoms. The molecule has 0 rings (SSSR count). The second-order valence-corrected chi connectivity index (χ2v) is 9.61. The van der Waals surface area contributed by atoms with E-state index in [-0.39, 0.29) is 5.97 Å². The number of halogens is 1. The maximum atomic E-state index is 12.2. The van der Waals surface area contributed by atoms with E-state index in [1.165, 1.54) is 108 Å². The predicted molar refractivity (Wildman–Crippen MR) is 137 cm³/mol.